The van der Waals surface area contributed by atoms with Crippen molar-refractivity contribution in [2.45, 2.75) is 39.3 Å². The number of hydrogen-bond donors (Lipinski definition) is 1. The van der Waals surface area contributed by atoms with E-state index < -0.39 is 0 Å². The van der Waals surface area contributed by atoms with Crippen LogP contribution in [-0.4, -0.2) is 15.6 Å². The topological polar surface area (TPSA) is 43.8 Å². The van der Waals surface area contributed by atoms with Gasteiger partial charge in [-0.15, -0.1) is 0 Å². The van der Waals surface area contributed by atoms with Crippen LogP contribution >= 0.6 is 15.9 Å². The van der Waals surface area contributed by atoms with Gasteiger partial charge >= 0.3 is 0 Å². The smallest absolute Gasteiger partial charge is 0.109 e. The van der Waals surface area contributed by atoms with E-state index >= 15 is 0 Å². The van der Waals surface area contributed by atoms with Gasteiger partial charge in [0.15, 0.2) is 0 Å². The van der Waals surface area contributed by atoms with Crippen molar-refractivity contribution in [1.82, 2.24) is 9.55 Å². The minimum atomic E-state index is 0.229. The van der Waals surface area contributed by atoms with Crippen molar-refractivity contribution in [3.8, 4) is 0 Å². The lowest BCUT2D eigenvalue weighted by Gasteiger charge is -2.07. The molecular weight excluding hydrogens is 278 g/mol. The molecular formula is C13H18BrN3. The first kappa shape index (κ1) is 12.6. The highest BCUT2D eigenvalue weighted by molar-refractivity contribution is 9.10. The number of benzene rings is 1. The van der Waals surface area contributed by atoms with Crippen LogP contribution in [-0.2, 0) is 13.0 Å². The molecule has 1 aromatic carbocycles. The number of halogens is 1. The van der Waals surface area contributed by atoms with Crippen molar-refractivity contribution in [3.05, 3.63) is 28.5 Å². The Balaban J connectivity index is 2.41. The summed E-state index contributed by atoms with van der Waals surface area (Å²) < 4.78 is 3.34. The fourth-order valence-electron chi connectivity index (χ4n) is 2.05. The Kier molecular flexibility index (Phi) is 3.84. The fraction of sp³-hybridized carbons (Fsp3) is 0.462. The normalized spacial score (nSPS) is 13.2. The average Bonchev–Trinajstić information content (AvgIpc) is 2.62. The first-order valence-corrected chi connectivity index (χ1v) is 6.81. The molecule has 1 aromatic heterocycles. The highest BCUT2D eigenvalue weighted by Crippen LogP contribution is 2.21. The zero-order valence-corrected chi connectivity index (χ0v) is 11.9. The zero-order chi connectivity index (χ0) is 12.4. The molecule has 3 nitrogen and oxygen atoms in total. The van der Waals surface area contributed by atoms with Crippen LogP contribution in [0.2, 0.25) is 0 Å². The second-order valence-corrected chi connectivity index (χ2v) is 5.34. The molecule has 0 saturated carbocycles. The SMILES string of the molecule is CCn1c(CCC(C)N)nc2cc(Br)ccc21. The molecule has 0 spiro atoms. The third-order valence-corrected chi connectivity index (χ3v) is 3.42. The highest BCUT2D eigenvalue weighted by Gasteiger charge is 2.10. The summed E-state index contributed by atoms with van der Waals surface area (Å²) in [7, 11) is 0. The number of nitrogens with zero attached hydrogens (tertiary/aromatic N) is 2. The lowest BCUT2D eigenvalue weighted by atomic mass is 10.2. The Morgan fingerprint density at radius 3 is 2.88 bits per heavy atom. The summed E-state index contributed by atoms with van der Waals surface area (Å²) in [6.07, 6.45) is 1.92. The van der Waals surface area contributed by atoms with Crippen LogP contribution in [0.15, 0.2) is 22.7 Å². The van der Waals surface area contributed by atoms with Crippen molar-refractivity contribution >= 4 is 27.0 Å². The molecule has 0 aliphatic rings. The number of fused-ring (bicyclic) bond motifs is 1. The molecule has 1 heterocycles. The van der Waals surface area contributed by atoms with Gasteiger partial charge in [-0.25, -0.2) is 4.98 Å². The van der Waals surface area contributed by atoms with Gasteiger partial charge in [0.25, 0.3) is 0 Å². The van der Waals surface area contributed by atoms with Gasteiger partial charge in [-0.05, 0) is 38.5 Å². The summed E-state index contributed by atoms with van der Waals surface area (Å²) in [6.45, 7) is 5.14. The minimum absolute atomic E-state index is 0.229. The third-order valence-electron chi connectivity index (χ3n) is 2.93. The van der Waals surface area contributed by atoms with E-state index in [2.05, 4.69) is 45.6 Å². The van der Waals surface area contributed by atoms with Crippen LogP contribution in [0.25, 0.3) is 11.0 Å². The lowest BCUT2D eigenvalue weighted by Crippen LogP contribution is -2.16. The summed E-state index contributed by atoms with van der Waals surface area (Å²) in [4.78, 5) is 4.69. The summed E-state index contributed by atoms with van der Waals surface area (Å²) in [6, 6.07) is 6.47. The molecule has 2 aromatic rings. The molecule has 0 radical (unpaired) electrons. The van der Waals surface area contributed by atoms with Crippen LogP contribution < -0.4 is 5.73 Å². The van der Waals surface area contributed by atoms with Crippen LogP contribution in [0, 0.1) is 0 Å². The van der Waals surface area contributed by atoms with Crippen LogP contribution in [0.1, 0.15) is 26.1 Å². The molecule has 0 fully saturated rings. The van der Waals surface area contributed by atoms with Gasteiger partial charge in [-0.2, -0.15) is 0 Å². The molecule has 2 N–H and O–H groups in total. The number of aromatic nitrogens is 2. The van der Waals surface area contributed by atoms with E-state index in [-0.39, 0.29) is 6.04 Å². The minimum Gasteiger partial charge on any atom is -0.328 e. The molecule has 2 rings (SSSR count). The lowest BCUT2D eigenvalue weighted by molar-refractivity contribution is 0.620. The zero-order valence-electron chi connectivity index (χ0n) is 10.3. The third kappa shape index (κ3) is 2.69. The first-order chi connectivity index (χ1) is 8.11. The van der Waals surface area contributed by atoms with E-state index in [0.717, 1.165) is 35.2 Å². The van der Waals surface area contributed by atoms with Gasteiger partial charge in [-0.3, -0.25) is 0 Å². The molecule has 0 aliphatic carbocycles. The maximum atomic E-state index is 5.81. The molecule has 1 unspecified atom stereocenters. The molecule has 0 amide bonds. The summed E-state index contributed by atoms with van der Waals surface area (Å²) in [5, 5.41) is 0. The summed E-state index contributed by atoms with van der Waals surface area (Å²) in [5.74, 6) is 1.14. The Labute approximate surface area is 110 Å². The number of nitrogens with two attached hydrogens (primary N) is 1. The Morgan fingerprint density at radius 1 is 1.47 bits per heavy atom. The molecule has 4 heteroatoms. The van der Waals surface area contributed by atoms with Crippen molar-refractivity contribution in [2.75, 3.05) is 0 Å². The molecule has 1 atom stereocenters. The van der Waals surface area contributed by atoms with Crippen molar-refractivity contribution < 1.29 is 0 Å². The van der Waals surface area contributed by atoms with Crippen molar-refractivity contribution in [2.24, 2.45) is 5.73 Å². The van der Waals surface area contributed by atoms with Gasteiger partial charge in [0.1, 0.15) is 5.82 Å². The summed E-state index contributed by atoms with van der Waals surface area (Å²) >= 11 is 3.48. The number of hydrogen-bond acceptors (Lipinski definition) is 2. The standard InChI is InChI=1S/C13H18BrN3/c1-3-17-12-6-5-10(14)8-11(12)16-13(17)7-4-9(2)15/h5-6,8-9H,3-4,7,15H2,1-2H3. The maximum absolute atomic E-state index is 5.81. The molecule has 0 bridgehead atoms. The highest BCUT2D eigenvalue weighted by atomic mass is 79.9. The monoisotopic (exact) mass is 295 g/mol. The van der Waals surface area contributed by atoms with Gasteiger partial charge in [0.05, 0.1) is 11.0 Å². The van der Waals surface area contributed by atoms with E-state index in [0.29, 0.717) is 0 Å². The van der Waals surface area contributed by atoms with E-state index in [4.69, 9.17) is 10.7 Å². The molecule has 17 heavy (non-hydrogen) atoms. The maximum Gasteiger partial charge on any atom is 0.109 e. The van der Waals surface area contributed by atoms with Gasteiger partial charge in [0.2, 0.25) is 0 Å². The predicted octanol–water partition coefficient (Wildman–Crippen LogP) is 3.10. The Morgan fingerprint density at radius 2 is 2.24 bits per heavy atom. The van der Waals surface area contributed by atoms with Crippen molar-refractivity contribution in [1.29, 1.82) is 0 Å². The Bertz CT molecular complexity index is 517. The predicted molar refractivity (Wildman–Crippen MR) is 75.1 cm³/mol. The van der Waals surface area contributed by atoms with Gasteiger partial charge in [-0.1, -0.05) is 15.9 Å². The largest absolute Gasteiger partial charge is 0.328 e. The van der Waals surface area contributed by atoms with Gasteiger partial charge < -0.3 is 10.3 Å². The van der Waals surface area contributed by atoms with E-state index in [9.17, 15) is 0 Å². The van der Waals surface area contributed by atoms with Crippen molar-refractivity contribution in [3.63, 3.8) is 0 Å². The van der Waals surface area contributed by atoms with Crippen LogP contribution in [0.3, 0.4) is 0 Å². The second kappa shape index (κ2) is 5.19. The van der Waals surface area contributed by atoms with Crippen LogP contribution in [0.4, 0.5) is 0 Å². The molecule has 92 valence electrons. The number of aryl methyl sites for hydroxylation is 2. The number of rotatable bonds is 4. The molecule has 0 aliphatic heterocycles. The Hall–Kier alpha value is -0.870. The van der Waals surface area contributed by atoms with E-state index in [1.807, 2.05) is 6.92 Å². The van der Waals surface area contributed by atoms with Gasteiger partial charge in [0, 0.05) is 23.5 Å². The molecule has 0 saturated heterocycles. The summed E-state index contributed by atoms with van der Waals surface area (Å²) in [5.41, 5.74) is 8.07. The number of imidazole rings is 1. The average molecular weight is 296 g/mol. The van der Waals surface area contributed by atoms with Crippen LogP contribution in [0.5, 0.6) is 0 Å². The van der Waals surface area contributed by atoms with E-state index in [1.54, 1.807) is 0 Å². The first-order valence-electron chi connectivity index (χ1n) is 6.02. The quantitative estimate of drug-likeness (QED) is 0.942. The fourth-order valence-corrected chi connectivity index (χ4v) is 2.40. The van der Waals surface area contributed by atoms with E-state index in [1.165, 1.54) is 5.52 Å². The second-order valence-electron chi connectivity index (χ2n) is 4.42.